The van der Waals surface area contributed by atoms with Gasteiger partial charge in [0.25, 0.3) is 0 Å². The fourth-order valence-electron chi connectivity index (χ4n) is 2.48. The van der Waals surface area contributed by atoms with Gasteiger partial charge >= 0.3 is 0 Å². The van der Waals surface area contributed by atoms with Gasteiger partial charge in [0.15, 0.2) is 0 Å². The Morgan fingerprint density at radius 1 is 1.35 bits per heavy atom. The molecule has 1 aliphatic heterocycles. The minimum absolute atomic E-state index is 0.174. The first-order chi connectivity index (χ1) is 9.72. The van der Waals surface area contributed by atoms with Gasteiger partial charge in [-0.25, -0.2) is 0 Å². The van der Waals surface area contributed by atoms with Crippen molar-refractivity contribution in [1.29, 1.82) is 0 Å². The van der Waals surface area contributed by atoms with Gasteiger partial charge < -0.3 is 10.1 Å². The number of fused-ring (bicyclic) bond motifs is 1. The number of benzene rings is 1. The molecule has 2 heterocycles. The van der Waals surface area contributed by atoms with Crippen molar-refractivity contribution in [2.45, 2.75) is 25.5 Å². The average Bonchev–Trinajstić information content (AvgIpc) is 2.87. The van der Waals surface area contributed by atoms with E-state index in [1.807, 2.05) is 42.7 Å². The van der Waals surface area contributed by atoms with E-state index in [4.69, 9.17) is 16.3 Å². The molecule has 0 spiro atoms. The minimum Gasteiger partial charge on any atom is -0.488 e. The monoisotopic (exact) mass is 288 g/mol. The lowest BCUT2D eigenvalue weighted by Crippen LogP contribution is -2.31. The van der Waals surface area contributed by atoms with Crippen molar-refractivity contribution >= 4 is 11.6 Å². The topological polar surface area (TPSA) is 34.1 Å². The summed E-state index contributed by atoms with van der Waals surface area (Å²) < 4.78 is 5.91. The third kappa shape index (κ3) is 2.94. The summed E-state index contributed by atoms with van der Waals surface area (Å²) in [5.41, 5.74) is 2.43. The number of halogens is 1. The second kappa shape index (κ2) is 5.81. The van der Waals surface area contributed by atoms with Crippen molar-refractivity contribution in [3.63, 3.8) is 0 Å². The summed E-state index contributed by atoms with van der Waals surface area (Å²) in [4.78, 5) is 4.04. The Labute approximate surface area is 123 Å². The van der Waals surface area contributed by atoms with Crippen LogP contribution in [0.3, 0.4) is 0 Å². The molecule has 3 rings (SSSR count). The highest BCUT2D eigenvalue weighted by atomic mass is 35.5. The Balaban J connectivity index is 1.56. The number of hydrogen-bond acceptors (Lipinski definition) is 3. The first-order valence-electron chi connectivity index (χ1n) is 6.81. The molecule has 0 amide bonds. The summed E-state index contributed by atoms with van der Waals surface area (Å²) >= 11 is 6.00. The summed E-state index contributed by atoms with van der Waals surface area (Å²) in [7, 11) is 0. The SMILES string of the molecule is CC(NCC1Cc2cc(Cl)ccc2O1)c1ccncc1. The van der Waals surface area contributed by atoms with Crippen LogP contribution < -0.4 is 10.1 Å². The van der Waals surface area contributed by atoms with E-state index in [1.54, 1.807) is 0 Å². The predicted octanol–water partition coefficient (Wildman–Crippen LogP) is 3.39. The van der Waals surface area contributed by atoms with Gasteiger partial charge in [-0.05, 0) is 48.4 Å². The third-order valence-electron chi connectivity index (χ3n) is 3.62. The van der Waals surface area contributed by atoms with Crippen molar-refractivity contribution < 1.29 is 4.74 Å². The molecule has 1 aromatic carbocycles. The Morgan fingerprint density at radius 2 is 2.15 bits per heavy atom. The van der Waals surface area contributed by atoms with E-state index in [1.165, 1.54) is 11.1 Å². The lowest BCUT2D eigenvalue weighted by Gasteiger charge is -2.17. The van der Waals surface area contributed by atoms with E-state index >= 15 is 0 Å². The van der Waals surface area contributed by atoms with Crippen molar-refractivity contribution in [3.8, 4) is 5.75 Å². The lowest BCUT2D eigenvalue weighted by atomic mass is 10.1. The second-order valence-corrected chi connectivity index (χ2v) is 5.54. The van der Waals surface area contributed by atoms with E-state index in [0.717, 1.165) is 23.7 Å². The minimum atomic E-state index is 0.174. The van der Waals surface area contributed by atoms with Gasteiger partial charge in [-0.1, -0.05) is 11.6 Å². The van der Waals surface area contributed by atoms with Gasteiger partial charge in [0.05, 0.1) is 0 Å². The molecule has 2 unspecified atom stereocenters. The first-order valence-corrected chi connectivity index (χ1v) is 7.18. The van der Waals surface area contributed by atoms with Gasteiger partial charge in [0.1, 0.15) is 11.9 Å². The Hall–Kier alpha value is -1.58. The summed E-state index contributed by atoms with van der Waals surface area (Å²) in [5, 5.41) is 4.27. The van der Waals surface area contributed by atoms with Crippen LogP contribution in [0.25, 0.3) is 0 Å². The predicted molar refractivity (Wildman–Crippen MR) is 80.2 cm³/mol. The molecule has 0 radical (unpaired) electrons. The zero-order valence-electron chi connectivity index (χ0n) is 11.3. The summed E-state index contributed by atoms with van der Waals surface area (Å²) in [6, 6.07) is 10.2. The molecule has 0 saturated heterocycles. The highest BCUT2D eigenvalue weighted by Gasteiger charge is 2.23. The Morgan fingerprint density at radius 3 is 2.95 bits per heavy atom. The molecular weight excluding hydrogens is 272 g/mol. The molecular formula is C16H17ClN2O. The van der Waals surface area contributed by atoms with Gasteiger partial charge in [-0.3, -0.25) is 4.98 Å². The Kier molecular flexibility index (Phi) is 3.90. The van der Waals surface area contributed by atoms with Crippen LogP contribution in [0.5, 0.6) is 5.75 Å². The molecule has 1 N–H and O–H groups in total. The third-order valence-corrected chi connectivity index (χ3v) is 3.86. The largest absolute Gasteiger partial charge is 0.488 e. The molecule has 4 heteroatoms. The van der Waals surface area contributed by atoms with Crippen molar-refractivity contribution in [3.05, 3.63) is 58.9 Å². The number of nitrogens with one attached hydrogen (secondary N) is 1. The van der Waals surface area contributed by atoms with E-state index in [0.29, 0.717) is 0 Å². The molecule has 1 aromatic heterocycles. The standard InChI is InChI=1S/C16H17ClN2O/c1-11(12-4-6-18-7-5-12)19-10-15-9-13-8-14(17)2-3-16(13)20-15/h2-8,11,15,19H,9-10H2,1H3. The van der Waals surface area contributed by atoms with Crippen LogP contribution in [-0.2, 0) is 6.42 Å². The van der Waals surface area contributed by atoms with E-state index in [2.05, 4.69) is 17.2 Å². The number of hydrogen-bond donors (Lipinski definition) is 1. The summed E-state index contributed by atoms with van der Waals surface area (Å²) in [5.74, 6) is 0.956. The molecule has 0 saturated carbocycles. The van der Waals surface area contributed by atoms with Crippen LogP contribution in [0.1, 0.15) is 24.1 Å². The fourth-order valence-corrected chi connectivity index (χ4v) is 2.68. The molecule has 104 valence electrons. The molecule has 20 heavy (non-hydrogen) atoms. The van der Waals surface area contributed by atoms with E-state index < -0.39 is 0 Å². The highest BCUT2D eigenvalue weighted by Crippen LogP contribution is 2.31. The van der Waals surface area contributed by atoms with Gasteiger partial charge in [0.2, 0.25) is 0 Å². The second-order valence-electron chi connectivity index (χ2n) is 5.11. The van der Waals surface area contributed by atoms with E-state index in [-0.39, 0.29) is 12.1 Å². The van der Waals surface area contributed by atoms with Crippen LogP contribution in [0.2, 0.25) is 5.02 Å². The van der Waals surface area contributed by atoms with Crippen LogP contribution in [0.15, 0.2) is 42.7 Å². The number of nitrogens with zero attached hydrogens (tertiary/aromatic N) is 1. The summed E-state index contributed by atoms with van der Waals surface area (Å²) in [6.45, 7) is 2.96. The number of aromatic nitrogens is 1. The van der Waals surface area contributed by atoms with Crippen LogP contribution in [0.4, 0.5) is 0 Å². The van der Waals surface area contributed by atoms with Crippen molar-refractivity contribution in [1.82, 2.24) is 10.3 Å². The molecule has 0 bridgehead atoms. The lowest BCUT2D eigenvalue weighted by molar-refractivity contribution is 0.222. The quantitative estimate of drug-likeness (QED) is 0.936. The maximum absolute atomic E-state index is 6.00. The molecule has 0 aliphatic carbocycles. The van der Waals surface area contributed by atoms with Crippen LogP contribution >= 0.6 is 11.6 Å². The van der Waals surface area contributed by atoms with Crippen molar-refractivity contribution in [2.75, 3.05) is 6.54 Å². The maximum Gasteiger partial charge on any atom is 0.123 e. The van der Waals surface area contributed by atoms with Crippen LogP contribution in [-0.4, -0.2) is 17.6 Å². The zero-order valence-corrected chi connectivity index (χ0v) is 12.1. The fraction of sp³-hybridized carbons (Fsp3) is 0.312. The molecule has 2 aromatic rings. The van der Waals surface area contributed by atoms with Crippen LogP contribution in [0, 0.1) is 0 Å². The molecule has 2 atom stereocenters. The normalized spacial score (nSPS) is 18.4. The Bertz CT molecular complexity index is 588. The smallest absolute Gasteiger partial charge is 0.123 e. The zero-order chi connectivity index (χ0) is 13.9. The number of rotatable bonds is 4. The maximum atomic E-state index is 6.00. The summed E-state index contributed by atoms with van der Waals surface area (Å²) in [6.07, 6.45) is 4.72. The first kappa shape index (κ1) is 13.4. The molecule has 1 aliphatic rings. The number of pyridine rings is 1. The van der Waals surface area contributed by atoms with E-state index in [9.17, 15) is 0 Å². The number of ether oxygens (including phenoxy) is 1. The van der Waals surface area contributed by atoms with Gasteiger partial charge in [-0.15, -0.1) is 0 Å². The van der Waals surface area contributed by atoms with Gasteiger partial charge in [-0.2, -0.15) is 0 Å². The highest BCUT2D eigenvalue weighted by molar-refractivity contribution is 6.30. The molecule has 0 fully saturated rings. The van der Waals surface area contributed by atoms with Crippen molar-refractivity contribution in [2.24, 2.45) is 0 Å². The molecule has 3 nitrogen and oxygen atoms in total. The van der Waals surface area contributed by atoms with Gasteiger partial charge in [0, 0.05) is 36.4 Å². The average molecular weight is 289 g/mol.